The third-order valence-electron chi connectivity index (χ3n) is 1.98. The molecule has 18 heavy (non-hydrogen) atoms. The molecule has 8 heteroatoms. The lowest BCUT2D eigenvalue weighted by molar-refractivity contribution is -2.00. The van der Waals surface area contributed by atoms with Crippen LogP contribution in [-0.4, -0.2) is 4.98 Å². The molecule has 2 rings (SSSR count). The highest BCUT2D eigenvalue weighted by molar-refractivity contribution is 9.10. The highest BCUT2D eigenvalue weighted by Crippen LogP contribution is 2.07. The Morgan fingerprint density at radius 1 is 1.17 bits per heavy atom. The summed E-state index contributed by atoms with van der Waals surface area (Å²) >= 11 is 3.44. The smallest absolute Gasteiger partial charge is 0.222 e. The number of pyridine rings is 1. The predicted molar refractivity (Wildman–Crippen MR) is 54.6 cm³/mol. The second-order valence-electron chi connectivity index (χ2n) is 3.49. The van der Waals surface area contributed by atoms with Gasteiger partial charge in [-0.15, -0.1) is 10.2 Å². The summed E-state index contributed by atoms with van der Waals surface area (Å²) in [6, 6.07) is 6.07. The van der Waals surface area contributed by atoms with Crippen LogP contribution in [-0.2, 0) is 0 Å². The van der Waals surface area contributed by atoms with Gasteiger partial charge in [-0.05, 0) is 33.9 Å². The standard InChI is InChI=1S/C10H10BrN2.ClHO4/c1-7-5-8(2)13-6-9(11)3-4-10(13)12-7;2-1(3,4)5/h3-6H,1-2H3;(H,2,3,4,5)/q+1;/p-1. The maximum atomic E-state index is 8.49. The van der Waals surface area contributed by atoms with Crippen molar-refractivity contribution in [1.82, 2.24) is 4.98 Å². The summed E-state index contributed by atoms with van der Waals surface area (Å²) < 4.78 is 37.1. The molecule has 0 aliphatic heterocycles. The molecule has 0 aromatic carbocycles. The van der Waals surface area contributed by atoms with Gasteiger partial charge in [0, 0.05) is 19.1 Å². The Balaban J connectivity index is 0.000000280. The van der Waals surface area contributed by atoms with E-state index >= 15 is 0 Å². The zero-order valence-corrected chi connectivity index (χ0v) is 11.9. The van der Waals surface area contributed by atoms with Crippen LogP contribution in [0.15, 0.2) is 28.9 Å². The number of halogens is 2. The molecule has 0 spiro atoms. The summed E-state index contributed by atoms with van der Waals surface area (Å²) in [5, 5.41) is 0. The van der Waals surface area contributed by atoms with Gasteiger partial charge in [-0.3, -0.25) is 0 Å². The van der Waals surface area contributed by atoms with Gasteiger partial charge in [0.15, 0.2) is 5.69 Å². The van der Waals surface area contributed by atoms with Crippen molar-refractivity contribution in [2.24, 2.45) is 0 Å². The number of rotatable bonds is 0. The molecule has 2 aromatic rings. The summed E-state index contributed by atoms with van der Waals surface area (Å²) in [6.45, 7) is 4.09. The largest absolute Gasteiger partial charge is 0.328 e. The zero-order valence-electron chi connectivity index (χ0n) is 9.59. The van der Waals surface area contributed by atoms with Crippen LogP contribution in [0.5, 0.6) is 0 Å². The van der Waals surface area contributed by atoms with Gasteiger partial charge in [0.25, 0.3) is 0 Å². The highest BCUT2D eigenvalue weighted by Gasteiger charge is 2.08. The van der Waals surface area contributed by atoms with Crippen molar-refractivity contribution in [2.75, 3.05) is 0 Å². The Morgan fingerprint density at radius 3 is 2.28 bits per heavy atom. The molecule has 98 valence electrons. The van der Waals surface area contributed by atoms with Crippen LogP contribution in [0.4, 0.5) is 0 Å². The van der Waals surface area contributed by atoms with Crippen LogP contribution in [0.3, 0.4) is 0 Å². The van der Waals surface area contributed by atoms with Gasteiger partial charge in [0.05, 0.1) is 4.47 Å². The van der Waals surface area contributed by atoms with E-state index in [1.54, 1.807) is 0 Å². The van der Waals surface area contributed by atoms with Crippen molar-refractivity contribution in [3.05, 3.63) is 40.3 Å². The molecule has 0 saturated heterocycles. The molecule has 0 unspecified atom stereocenters. The fraction of sp³-hybridized carbons (Fsp3) is 0.200. The van der Waals surface area contributed by atoms with Gasteiger partial charge in [0.2, 0.25) is 0 Å². The van der Waals surface area contributed by atoms with Crippen LogP contribution in [0, 0.1) is 24.1 Å². The number of nitrogens with zero attached hydrogens (tertiary/aromatic N) is 2. The molecule has 0 aliphatic rings. The van der Waals surface area contributed by atoms with Gasteiger partial charge in [0.1, 0.15) is 11.9 Å². The van der Waals surface area contributed by atoms with Gasteiger partial charge in [-0.1, -0.05) is 0 Å². The van der Waals surface area contributed by atoms with Gasteiger partial charge in [-0.25, -0.2) is 18.6 Å². The van der Waals surface area contributed by atoms with E-state index in [0.29, 0.717) is 0 Å². The minimum absolute atomic E-state index is 0.987. The quantitative estimate of drug-likeness (QED) is 0.491. The molecule has 0 amide bonds. The Bertz CT molecular complexity index is 553. The summed E-state index contributed by atoms with van der Waals surface area (Å²) in [7, 11) is -4.94. The van der Waals surface area contributed by atoms with Gasteiger partial charge < -0.3 is 0 Å². The molecule has 0 bridgehead atoms. The van der Waals surface area contributed by atoms with Crippen molar-refractivity contribution in [3.8, 4) is 0 Å². The van der Waals surface area contributed by atoms with Crippen LogP contribution in [0.25, 0.3) is 5.65 Å². The third kappa shape index (κ3) is 5.21. The Morgan fingerprint density at radius 2 is 1.72 bits per heavy atom. The van der Waals surface area contributed by atoms with Crippen LogP contribution >= 0.6 is 15.9 Å². The minimum Gasteiger partial charge on any atom is -0.222 e. The number of hydrogen-bond acceptors (Lipinski definition) is 5. The van der Waals surface area contributed by atoms with Crippen molar-refractivity contribution < 1.29 is 33.3 Å². The SMILES string of the molecule is Cc1cc(C)[n+]2cc(Br)ccc2n1.[O-][Cl+3]([O-])([O-])[O-]. The van der Waals surface area contributed by atoms with Gasteiger partial charge >= 0.3 is 5.65 Å². The van der Waals surface area contributed by atoms with E-state index < -0.39 is 10.2 Å². The predicted octanol–water partition coefficient (Wildman–Crippen LogP) is -2.56. The fourth-order valence-corrected chi connectivity index (χ4v) is 1.76. The van der Waals surface area contributed by atoms with Gasteiger partial charge in [-0.2, -0.15) is 4.40 Å². The minimum atomic E-state index is -4.94. The lowest BCUT2D eigenvalue weighted by atomic mass is 10.3. The average molecular weight is 338 g/mol. The molecule has 2 aromatic heterocycles. The first-order valence-corrected chi connectivity index (χ1v) is 6.76. The van der Waals surface area contributed by atoms with Crippen molar-refractivity contribution >= 4 is 21.6 Å². The van der Waals surface area contributed by atoms with Crippen molar-refractivity contribution in [3.63, 3.8) is 0 Å². The lowest BCUT2D eigenvalue weighted by Gasteiger charge is -2.17. The zero-order chi connectivity index (χ0) is 13.9. The molecule has 0 saturated carbocycles. The van der Waals surface area contributed by atoms with Crippen LogP contribution < -0.4 is 23.0 Å². The van der Waals surface area contributed by atoms with Crippen LogP contribution in [0.2, 0.25) is 0 Å². The molecule has 2 heterocycles. The normalized spacial score (nSPS) is 11.1. The van der Waals surface area contributed by atoms with E-state index in [4.69, 9.17) is 18.6 Å². The first kappa shape index (κ1) is 15.2. The Kier molecular flexibility index (Phi) is 4.97. The Hall–Kier alpha value is -0.830. The molecule has 0 N–H and O–H groups in total. The summed E-state index contributed by atoms with van der Waals surface area (Å²) in [5.41, 5.74) is 3.24. The maximum Gasteiger partial charge on any atom is 0.328 e. The van der Waals surface area contributed by atoms with E-state index in [0.717, 1.165) is 15.8 Å². The molecule has 0 fully saturated rings. The van der Waals surface area contributed by atoms with E-state index in [1.165, 1.54) is 5.69 Å². The topological polar surface area (TPSA) is 109 Å². The number of aromatic nitrogens is 2. The second kappa shape index (κ2) is 5.87. The molecule has 0 atom stereocenters. The van der Waals surface area contributed by atoms with E-state index in [1.807, 2.05) is 25.3 Å². The van der Waals surface area contributed by atoms with Crippen molar-refractivity contribution in [2.45, 2.75) is 13.8 Å². The number of hydrogen-bond donors (Lipinski definition) is 0. The summed E-state index contributed by atoms with van der Waals surface area (Å²) in [5.74, 6) is 0. The third-order valence-corrected chi connectivity index (χ3v) is 2.45. The van der Waals surface area contributed by atoms with E-state index in [9.17, 15) is 0 Å². The molecular weight excluding hydrogens is 327 g/mol. The van der Waals surface area contributed by atoms with E-state index in [-0.39, 0.29) is 0 Å². The van der Waals surface area contributed by atoms with Crippen LogP contribution in [0.1, 0.15) is 11.4 Å². The maximum absolute atomic E-state index is 8.49. The van der Waals surface area contributed by atoms with E-state index in [2.05, 4.69) is 38.3 Å². The lowest BCUT2D eigenvalue weighted by Crippen LogP contribution is -2.68. The Labute approximate surface area is 114 Å². The first-order valence-electron chi connectivity index (χ1n) is 4.74. The monoisotopic (exact) mass is 336 g/mol. The highest BCUT2D eigenvalue weighted by atomic mass is 79.9. The molecular formula is C10H10BrClN2O4. The average Bonchev–Trinajstić information content (AvgIpc) is 2.16. The fourth-order valence-electron chi connectivity index (χ4n) is 1.43. The summed E-state index contributed by atoms with van der Waals surface area (Å²) in [6.07, 6.45) is 2.02. The number of fused-ring (bicyclic) bond motifs is 1. The molecule has 0 radical (unpaired) electrons. The molecule has 6 nitrogen and oxygen atoms in total. The molecule has 0 aliphatic carbocycles. The van der Waals surface area contributed by atoms with Crippen molar-refractivity contribution in [1.29, 1.82) is 0 Å². The summed E-state index contributed by atoms with van der Waals surface area (Å²) in [4.78, 5) is 4.42. The number of aryl methyl sites for hydroxylation is 2. The second-order valence-corrected chi connectivity index (χ2v) is 5.16. The first-order chi connectivity index (χ1) is 8.16.